The van der Waals surface area contributed by atoms with E-state index in [0.717, 1.165) is 18.7 Å². The molecule has 0 saturated carbocycles. The van der Waals surface area contributed by atoms with Crippen LogP contribution in [0.15, 0.2) is 24.3 Å². The van der Waals surface area contributed by atoms with E-state index in [0.29, 0.717) is 23.1 Å². The minimum absolute atomic E-state index is 0.0790. The van der Waals surface area contributed by atoms with Gasteiger partial charge in [0, 0.05) is 18.3 Å². The van der Waals surface area contributed by atoms with Crippen molar-refractivity contribution in [2.45, 2.75) is 27.2 Å². The van der Waals surface area contributed by atoms with Crippen molar-refractivity contribution in [2.75, 3.05) is 11.9 Å². The third kappa shape index (κ3) is 3.91. The molecule has 0 amide bonds. The van der Waals surface area contributed by atoms with Crippen molar-refractivity contribution < 1.29 is 4.39 Å². The monoisotopic (exact) mass is 307 g/mol. The highest BCUT2D eigenvalue weighted by Crippen LogP contribution is 2.26. The summed E-state index contributed by atoms with van der Waals surface area (Å²) >= 11 is 5.84. The van der Waals surface area contributed by atoms with Gasteiger partial charge >= 0.3 is 0 Å². The van der Waals surface area contributed by atoms with Crippen LogP contribution in [-0.2, 0) is 6.42 Å². The first-order valence-corrected chi connectivity index (χ1v) is 7.45. The topological polar surface area (TPSA) is 37.8 Å². The molecule has 21 heavy (non-hydrogen) atoms. The molecule has 0 bridgehead atoms. The van der Waals surface area contributed by atoms with Crippen molar-refractivity contribution in [3.63, 3.8) is 0 Å². The van der Waals surface area contributed by atoms with Gasteiger partial charge in [0.2, 0.25) is 0 Å². The van der Waals surface area contributed by atoms with Crippen molar-refractivity contribution in [3.8, 4) is 11.4 Å². The lowest BCUT2D eigenvalue weighted by molar-refractivity contribution is 0.626. The molecule has 0 radical (unpaired) electrons. The molecule has 1 aromatic carbocycles. The fraction of sp³-hybridized carbons (Fsp3) is 0.375. The van der Waals surface area contributed by atoms with E-state index in [9.17, 15) is 4.39 Å². The summed E-state index contributed by atoms with van der Waals surface area (Å²) in [4.78, 5) is 8.86. The highest BCUT2D eigenvalue weighted by atomic mass is 35.5. The second kappa shape index (κ2) is 6.85. The van der Waals surface area contributed by atoms with E-state index in [1.54, 1.807) is 12.1 Å². The summed E-state index contributed by atoms with van der Waals surface area (Å²) in [6.45, 7) is 6.98. The molecule has 0 atom stereocenters. The number of rotatable bonds is 5. The Bertz CT molecular complexity index is 629. The standard InChI is InChI=1S/C16H19ClFN3/c1-4-19-14-9-11(8-10(2)3)20-16(21-14)12-6-5-7-13(17)15(12)18/h5-7,9-10H,4,8H2,1-3H3,(H,19,20,21). The van der Waals surface area contributed by atoms with Gasteiger partial charge in [-0.15, -0.1) is 0 Å². The van der Waals surface area contributed by atoms with Crippen LogP contribution in [-0.4, -0.2) is 16.5 Å². The molecule has 0 aliphatic rings. The quantitative estimate of drug-likeness (QED) is 0.879. The molecule has 0 spiro atoms. The van der Waals surface area contributed by atoms with Gasteiger partial charge in [-0.05, 0) is 31.4 Å². The summed E-state index contributed by atoms with van der Waals surface area (Å²) in [6.07, 6.45) is 0.816. The van der Waals surface area contributed by atoms with Gasteiger partial charge in [0.1, 0.15) is 5.82 Å². The first-order chi connectivity index (χ1) is 10.0. The minimum Gasteiger partial charge on any atom is -0.370 e. The van der Waals surface area contributed by atoms with Gasteiger partial charge in [-0.1, -0.05) is 31.5 Å². The molecule has 1 aromatic heterocycles. The van der Waals surface area contributed by atoms with Crippen molar-refractivity contribution in [3.05, 3.63) is 40.8 Å². The number of hydrogen-bond donors (Lipinski definition) is 1. The van der Waals surface area contributed by atoms with E-state index in [2.05, 4.69) is 29.1 Å². The molecule has 0 saturated heterocycles. The summed E-state index contributed by atoms with van der Waals surface area (Å²) in [6, 6.07) is 6.77. The van der Waals surface area contributed by atoms with Crippen LogP contribution in [0.3, 0.4) is 0 Å². The Kier molecular flexibility index (Phi) is 5.12. The number of hydrogen-bond acceptors (Lipinski definition) is 3. The molecule has 0 fully saturated rings. The molecule has 5 heteroatoms. The van der Waals surface area contributed by atoms with Crippen molar-refractivity contribution >= 4 is 17.4 Å². The average molecular weight is 308 g/mol. The molecular formula is C16H19ClFN3. The predicted octanol–water partition coefficient (Wildman–Crippen LogP) is 4.57. The van der Waals surface area contributed by atoms with Gasteiger partial charge in [0.25, 0.3) is 0 Å². The first kappa shape index (κ1) is 15.7. The zero-order valence-electron chi connectivity index (χ0n) is 12.5. The Morgan fingerprint density at radius 3 is 2.71 bits per heavy atom. The van der Waals surface area contributed by atoms with Crippen LogP contribution in [0.2, 0.25) is 5.02 Å². The Morgan fingerprint density at radius 2 is 2.05 bits per heavy atom. The summed E-state index contributed by atoms with van der Waals surface area (Å²) in [5, 5.41) is 3.24. The summed E-state index contributed by atoms with van der Waals surface area (Å²) in [5.41, 5.74) is 1.22. The van der Waals surface area contributed by atoms with E-state index in [1.165, 1.54) is 6.07 Å². The Morgan fingerprint density at radius 1 is 1.29 bits per heavy atom. The second-order valence-electron chi connectivity index (χ2n) is 5.30. The van der Waals surface area contributed by atoms with Crippen molar-refractivity contribution in [1.29, 1.82) is 0 Å². The van der Waals surface area contributed by atoms with Crippen LogP contribution in [0, 0.1) is 11.7 Å². The number of anilines is 1. The van der Waals surface area contributed by atoms with Gasteiger partial charge in [-0.25, -0.2) is 14.4 Å². The average Bonchev–Trinajstić information content (AvgIpc) is 2.41. The molecule has 1 heterocycles. The van der Waals surface area contributed by atoms with Crippen LogP contribution in [0.1, 0.15) is 26.5 Å². The number of benzene rings is 1. The second-order valence-corrected chi connectivity index (χ2v) is 5.71. The third-order valence-electron chi connectivity index (χ3n) is 2.95. The highest BCUT2D eigenvalue weighted by molar-refractivity contribution is 6.31. The summed E-state index contributed by atoms with van der Waals surface area (Å²) in [5.74, 6) is 1.05. The fourth-order valence-electron chi connectivity index (χ4n) is 2.09. The Labute approximate surface area is 129 Å². The van der Waals surface area contributed by atoms with Crippen molar-refractivity contribution in [1.82, 2.24) is 9.97 Å². The maximum Gasteiger partial charge on any atom is 0.164 e. The lowest BCUT2D eigenvalue weighted by Gasteiger charge is -2.11. The van der Waals surface area contributed by atoms with Crippen LogP contribution in [0.4, 0.5) is 10.2 Å². The van der Waals surface area contributed by atoms with E-state index in [1.807, 2.05) is 13.0 Å². The van der Waals surface area contributed by atoms with Crippen molar-refractivity contribution in [2.24, 2.45) is 5.92 Å². The lowest BCUT2D eigenvalue weighted by Crippen LogP contribution is -2.06. The number of halogens is 2. The van der Waals surface area contributed by atoms with Crippen LogP contribution in [0.5, 0.6) is 0 Å². The molecule has 112 valence electrons. The summed E-state index contributed by atoms with van der Waals surface area (Å²) < 4.78 is 14.2. The SMILES string of the molecule is CCNc1cc(CC(C)C)nc(-c2cccc(Cl)c2F)n1. The van der Waals surface area contributed by atoms with Crippen LogP contribution >= 0.6 is 11.6 Å². The first-order valence-electron chi connectivity index (χ1n) is 7.07. The number of nitrogens with one attached hydrogen (secondary N) is 1. The van der Waals surface area contributed by atoms with Crippen LogP contribution in [0.25, 0.3) is 11.4 Å². The molecule has 1 N–H and O–H groups in total. The van der Waals surface area contributed by atoms with E-state index in [4.69, 9.17) is 11.6 Å². The summed E-state index contributed by atoms with van der Waals surface area (Å²) in [7, 11) is 0. The molecular weight excluding hydrogens is 289 g/mol. The van der Waals surface area contributed by atoms with E-state index < -0.39 is 5.82 Å². The van der Waals surface area contributed by atoms with Gasteiger partial charge in [0.15, 0.2) is 11.6 Å². The normalized spacial score (nSPS) is 11.0. The zero-order chi connectivity index (χ0) is 15.4. The Hall–Kier alpha value is -1.68. The van der Waals surface area contributed by atoms with Crippen LogP contribution < -0.4 is 5.32 Å². The van der Waals surface area contributed by atoms with Gasteiger partial charge in [-0.3, -0.25) is 0 Å². The van der Waals surface area contributed by atoms with E-state index >= 15 is 0 Å². The molecule has 0 unspecified atom stereocenters. The fourth-order valence-corrected chi connectivity index (χ4v) is 2.26. The third-order valence-corrected chi connectivity index (χ3v) is 3.24. The molecule has 3 nitrogen and oxygen atoms in total. The largest absolute Gasteiger partial charge is 0.370 e. The maximum atomic E-state index is 14.2. The molecule has 0 aliphatic heterocycles. The number of nitrogens with zero attached hydrogens (tertiary/aromatic N) is 2. The lowest BCUT2D eigenvalue weighted by atomic mass is 10.1. The van der Waals surface area contributed by atoms with Gasteiger partial charge in [-0.2, -0.15) is 0 Å². The van der Waals surface area contributed by atoms with E-state index in [-0.39, 0.29) is 5.02 Å². The Balaban J connectivity index is 2.51. The van der Waals surface area contributed by atoms with Gasteiger partial charge < -0.3 is 5.32 Å². The molecule has 2 aromatic rings. The predicted molar refractivity (Wildman–Crippen MR) is 85.1 cm³/mol. The number of aromatic nitrogens is 2. The molecule has 0 aliphatic carbocycles. The smallest absolute Gasteiger partial charge is 0.164 e. The minimum atomic E-state index is -0.483. The van der Waals surface area contributed by atoms with Gasteiger partial charge in [0.05, 0.1) is 10.6 Å². The maximum absolute atomic E-state index is 14.2. The molecule has 2 rings (SSSR count). The highest BCUT2D eigenvalue weighted by Gasteiger charge is 2.13. The zero-order valence-corrected chi connectivity index (χ0v) is 13.2.